The molecule has 25 heavy (non-hydrogen) atoms. The van der Waals surface area contributed by atoms with Crippen molar-refractivity contribution in [3.8, 4) is 0 Å². The summed E-state index contributed by atoms with van der Waals surface area (Å²) in [7, 11) is 0. The molecule has 2 aliphatic heterocycles. The van der Waals surface area contributed by atoms with E-state index in [1.807, 2.05) is 17.0 Å². The lowest BCUT2D eigenvalue weighted by atomic mass is 10.1. The molecule has 2 fully saturated rings. The second-order valence-electron chi connectivity index (χ2n) is 6.61. The minimum atomic E-state index is -0.0569. The molecule has 2 heterocycles. The van der Waals surface area contributed by atoms with Crippen LogP contribution < -0.4 is 10.2 Å². The summed E-state index contributed by atoms with van der Waals surface area (Å²) in [5.41, 5.74) is 1.52. The molecule has 6 heteroatoms. The van der Waals surface area contributed by atoms with Crippen LogP contribution in [-0.2, 0) is 9.53 Å². The lowest BCUT2D eigenvalue weighted by molar-refractivity contribution is -0.119. The van der Waals surface area contributed by atoms with Crippen molar-refractivity contribution >= 4 is 17.5 Å². The molecular formula is C19H27N3O3. The van der Waals surface area contributed by atoms with Crippen LogP contribution in [0.15, 0.2) is 24.3 Å². The van der Waals surface area contributed by atoms with Crippen molar-refractivity contribution in [2.24, 2.45) is 0 Å². The van der Waals surface area contributed by atoms with E-state index in [-0.39, 0.29) is 11.8 Å². The van der Waals surface area contributed by atoms with Crippen molar-refractivity contribution in [1.82, 2.24) is 10.2 Å². The normalized spacial score (nSPS) is 19.0. The van der Waals surface area contributed by atoms with Crippen LogP contribution in [0.3, 0.4) is 0 Å². The Bertz CT molecular complexity index is 582. The summed E-state index contributed by atoms with van der Waals surface area (Å²) in [6.45, 7) is 5.99. The fourth-order valence-electron chi connectivity index (χ4n) is 3.30. The van der Waals surface area contributed by atoms with Gasteiger partial charge in [0.2, 0.25) is 5.91 Å². The number of morpholine rings is 1. The van der Waals surface area contributed by atoms with E-state index in [2.05, 4.69) is 10.2 Å². The van der Waals surface area contributed by atoms with Gasteiger partial charge in [-0.2, -0.15) is 0 Å². The summed E-state index contributed by atoms with van der Waals surface area (Å²) < 4.78 is 5.33. The van der Waals surface area contributed by atoms with Gasteiger partial charge in [0.15, 0.2) is 0 Å². The highest BCUT2D eigenvalue weighted by molar-refractivity contribution is 5.96. The SMILES string of the molecule is O=C(NCCCN1CCOCC1)c1ccc(N2CCCCC2=O)cc1. The van der Waals surface area contributed by atoms with Gasteiger partial charge in [0.05, 0.1) is 13.2 Å². The Kier molecular flexibility index (Phi) is 6.42. The second-order valence-corrected chi connectivity index (χ2v) is 6.61. The minimum Gasteiger partial charge on any atom is -0.379 e. The van der Waals surface area contributed by atoms with Crippen molar-refractivity contribution in [2.75, 3.05) is 50.8 Å². The van der Waals surface area contributed by atoms with Crippen molar-refractivity contribution in [3.05, 3.63) is 29.8 Å². The topological polar surface area (TPSA) is 61.9 Å². The molecule has 6 nitrogen and oxygen atoms in total. The number of nitrogens with one attached hydrogen (secondary N) is 1. The Balaban J connectivity index is 1.43. The van der Waals surface area contributed by atoms with Crippen LogP contribution in [0.5, 0.6) is 0 Å². The number of rotatable bonds is 6. The summed E-state index contributed by atoms with van der Waals surface area (Å²) in [6.07, 6.45) is 3.56. The summed E-state index contributed by atoms with van der Waals surface area (Å²) >= 11 is 0. The zero-order valence-corrected chi connectivity index (χ0v) is 14.7. The van der Waals surface area contributed by atoms with Crippen molar-refractivity contribution in [3.63, 3.8) is 0 Å². The fraction of sp³-hybridized carbons (Fsp3) is 0.579. The molecule has 0 aromatic heterocycles. The zero-order valence-electron chi connectivity index (χ0n) is 14.7. The molecular weight excluding hydrogens is 318 g/mol. The third-order valence-corrected chi connectivity index (χ3v) is 4.80. The van der Waals surface area contributed by atoms with Gasteiger partial charge in [0, 0.05) is 43.9 Å². The van der Waals surface area contributed by atoms with Crippen LogP contribution in [0.2, 0.25) is 0 Å². The van der Waals surface area contributed by atoms with Gasteiger partial charge in [-0.25, -0.2) is 0 Å². The van der Waals surface area contributed by atoms with Crippen LogP contribution in [0, 0.1) is 0 Å². The first-order valence-electron chi connectivity index (χ1n) is 9.23. The molecule has 2 saturated heterocycles. The highest BCUT2D eigenvalue weighted by Gasteiger charge is 2.19. The van der Waals surface area contributed by atoms with Gasteiger partial charge in [-0.3, -0.25) is 14.5 Å². The molecule has 0 saturated carbocycles. The van der Waals surface area contributed by atoms with E-state index in [1.165, 1.54) is 0 Å². The number of carbonyl (C=O) groups excluding carboxylic acids is 2. The highest BCUT2D eigenvalue weighted by Crippen LogP contribution is 2.21. The minimum absolute atomic E-state index is 0.0569. The second kappa shape index (κ2) is 8.97. The molecule has 1 aromatic carbocycles. The molecule has 0 spiro atoms. The van der Waals surface area contributed by atoms with Gasteiger partial charge < -0.3 is 15.0 Å². The maximum atomic E-state index is 12.2. The number of benzene rings is 1. The van der Waals surface area contributed by atoms with Gasteiger partial charge in [0.1, 0.15) is 0 Å². The molecule has 3 rings (SSSR count). The number of amides is 2. The molecule has 2 aliphatic rings. The molecule has 0 bridgehead atoms. The number of ether oxygens (including phenoxy) is 1. The van der Waals surface area contributed by atoms with E-state index in [4.69, 9.17) is 4.74 Å². The Hall–Kier alpha value is -1.92. The highest BCUT2D eigenvalue weighted by atomic mass is 16.5. The maximum absolute atomic E-state index is 12.2. The van der Waals surface area contributed by atoms with Crippen LogP contribution in [0.1, 0.15) is 36.0 Å². The monoisotopic (exact) mass is 345 g/mol. The summed E-state index contributed by atoms with van der Waals surface area (Å²) in [6, 6.07) is 7.33. The first-order chi connectivity index (χ1) is 12.2. The lowest BCUT2D eigenvalue weighted by Crippen LogP contribution is -2.38. The number of piperidine rings is 1. The number of carbonyl (C=O) groups is 2. The van der Waals surface area contributed by atoms with E-state index in [0.29, 0.717) is 18.5 Å². The molecule has 1 aromatic rings. The predicted octanol–water partition coefficient (Wildman–Crippen LogP) is 1.66. The molecule has 0 unspecified atom stereocenters. The van der Waals surface area contributed by atoms with Crippen LogP contribution in [0.4, 0.5) is 5.69 Å². The van der Waals surface area contributed by atoms with E-state index in [1.54, 1.807) is 12.1 Å². The van der Waals surface area contributed by atoms with Gasteiger partial charge >= 0.3 is 0 Å². The average molecular weight is 345 g/mol. The summed E-state index contributed by atoms with van der Waals surface area (Å²) in [5, 5.41) is 2.97. The van der Waals surface area contributed by atoms with Crippen LogP contribution >= 0.6 is 0 Å². The lowest BCUT2D eigenvalue weighted by Gasteiger charge is -2.27. The third-order valence-electron chi connectivity index (χ3n) is 4.80. The maximum Gasteiger partial charge on any atom is 0.251 e. The quantitative estimate of drug-likeness (QED) is 0.797. The fourth-order valence-corrected chi connectivity index (χ4v) is 3.30. The average Bonchev–Trinajstić information content (AvgIpc) is 2.66. The predicted molar refractivity (Wildman–Crippen MR) is 96.9 cm³/mol. The van der Waals surface area contributed by atoms with Gasteiger partial charge in [-0.05, 0) is 50.1 Å². The molecule has 0 aliphatic carbocycles. The van der Waals surface area contributed by atoms with Gasteiger partial charge in [0.25, 0.3) is 5.91 Å². The number of nitrogens with zero attached hydrogens (tertiary/aromatic N) is 2. The summed E-state index contributed by atoms with van der Waals surface area (Å²) in [4.78, 5) is 28.3. The van der Waals surface area contributed by atoms with E-state index in [9.17, 15) is 9.59 Å². The number of anilines is 1. The first kappa shape index (κ1) is 17.9. The molecule has 0 radical (unpaired) electrons. The smallest absolute Gasteiger partial charge is 0.251 e. The Morgan fingerprint density at radius 1 is 1.08 bits per heavy atom. The van der Waals surface area contributed by atoms with Crippen molar-refractivity contribution in [1.29, 1.82) is 0 Å². The molecule has 136 valence electrons. The van der Waals surface area contributed by atoms with Crippen molar-refractivity contribution in [2.45, 2.75) is 25.7 Å². The van der Waals surface area contributed by atoms with E-state index >= 15 is 0 Å². The first-order valence-corrected chi connectivity index (χ1v) is 9.23. The van der Waals surface area contributed by atoms with Crippen molar-refractivity contribution < 1.29 is 14.3 Å². The largest absolute Gasteiger partial charge is 0.379 e. The Morgan fingerprint density at radius 2 is 1.84 bits per heavy atom. The number of hydrogen-bond donors (Lipinski definition) is 1. The summed E-state index contributed by atoms with van der Waals surface area (Å²) in [5.74, 6) is 0.116. The van der Waals surface area contributed by atoms with Gasteiger partial charge in [-0.1, -0.05) is 0 Å². The number of hydrogen-bond acceptors (Lipinski definition) is 4. The van der Waals surface area contributed by atoms with Crippen LogP contribution in [-0.4, -0.2) is 62.7 Å². The standard InChI is InChI=1S/C19H27N3O3/c23-18-4-1-2-11-22(18)17-7-5-16(6-8-17)19(24)20-9-3-10-21-12-14-25-15-13-21/h5-8H,1-4,9-15H2,(H,20,24). The molecule has 0 atom stereocenters. The third kappa shape index (κ3) is 5.03. The van der Waals surface area contributed by atoms with Crippen LogP contribution in [0.25, 0.3) is 0 Å². The molecule has 1 N–H and O–H groups in total. The Morgan fingerprint density at radius 3 is 2.56 bits per heavy atom. The van der Waals surface area contributed by atoms with Gasteiger partial charge in [-0.15, -0.1) is 0 Å². The van der Waals surface area contributed by atoms with E-state index < -0.39 is 0 Å². The zero-order chi connectivity index (χ0) is 17.5. The van der Waals surface area contributed by atoms with E-state index in [0.717, 1.165) is 64.3 Å². The molecule has 2 amide bonds. The Labute approximate surface area is 149 Å².